The summed E-state index contributed by atoms with van der Waals surface area (Å²) in [6.07, 6.45) is 0. The van der Waals surface area contributed by atoms with Crippen molar-refractivity contribution in [3.63, 3.8) is 0 Å². The molecule has 0 saturated carbocycles. The summed E-state index contributed by atoms with van der Waals surface area (Å²) in [6.45, 7) is 9.62. The van der Waals surface area contributed by atoms with Gasteiger partial charge < -0.3 is 15.0 Å². The second-order valence-corrected chi connectivity index (χ2v) is 8.60. The molecule has 0 radical (unpaired) electrons. The number of nitrogens with zero attached hydrogens (tertiary/aromatic N) is 1. The van der Waals surface area contributed by atoms with Crippen molar-refractivity contribution in [3.8, 4) is 5.75 Å². The highest BCUT2D eigenvalue weighted by atomic mass is 35.5. The van der Waals surface area contributed by atoms with Crippen LogP contribution in [0.1, 0.15) is 38.8 Å². The molecule has 1 atom stereocenters. The van der Waals surface area contributed by atoms with E-state index in [9.17, 15) is 9.59 Å². The molecule has 0 spiro atoms. The molecule has 0 aliphatic carbocycles. The molecule has 1 N–H and O–H groups in total. The third-order valence-electron chi connectivity index (χ3n) is 4.28. The summed E-state index contributed by atoms with van der Waals surface area (Å²) in [7, 11) is 0. The van der Waals surface area contributed by atoms with Crippen LogP contribution in [0, 0.1) is 6.92 Å². The van der Waals surface area contributed by atoms with Crippen molar-refractivity contribution in [2.45, 2.75) is 52.7 Å². The van der Waals surface area contributed by atoms with Crippen LogP contribution in [0.25, 0.3) is 0 Å². The number of benzene rings is 2. The first-order valence-corrected chi connectivity index (χ1v) is 9.98. The molecule has 6 heteroatoms. The van der Waals surface area contributed by atoms with E-state index < -0.39 is 6.04 Å². The van der Waals surface area contributed by atoms with Crippen LogP contribution in [-0.4, -0.2) is 34.9 Å². The third-order valence-corrected chi connectivity index (χ3v) is 4.53. The molecule has 2 aromatic rings. The highest BCUT2D eigenvalue weighted by Crippen LogP contribution is 2.17. The van der Waals surface area contributed by atoms with Gasteiger partial charge in [-0.2, -0.15) is 0 Å². The van der Waals surface area contributed by atoms with Gasteiger partial charge in [-0.05, 0) is 64.4 Å². The maximum atomic E-state index is 13.0. The lowest BCUT2D eigenvalue weighted by Crippen LogP contribution is -2.53. The zero-order valence-electron chi connectivity index (χ0n) is 17.7. The van der Waals surface area contributed by atoms with Gasteiger partial charge in [0.2, 0.25) is 5.91 Å². The van der Waals surface area contributed by atoms with Crippen LogP contribution in [0.15, 0.2) is 48.5 Å². The predicted molar refractivity (Wildman–Crippen MR) is 116 cm³/mol. The van der Waals surface area contributed by atoms with E-state index in [1.165, 1.54) is 0 Å². The number of carbonyl (C=O) groups excluding carboxylic acids is 2. The Labute approximate surface area is 178 Å². The van der Waals surface area contributed by atoms with E-state index in [1.54, 1.807) is 36.1 Å². The van der Waals surface area contributed by atoms with Crippen LogP contribution >= 0.6 is 11.6 Å². The molecule has 0 fully saturated rings. The van der Waals surface area contributed by atoms with Gasteiger partial charge >= 0.3 is 0 Å². The van der Waals surface area contributed by atoms with Crippen molar-refractivity contribution in [2.24, 2.45) is 0 Å². The second-order valence-electron chi connectivity index (χ2n) is 8.17. The topological polar surface area (TPSA) is 58.6 Å². The molecule has 2 aromatic carbocycles. The standard InChI is InChI=1S/C23H29ClN2O3/c1-16-7-6-8-18(13-16)14-26(17(2)22(28)25-23(3,4)5)21(27)15-29-20-11-9-19(24)10-12-20/h6-13,17H,14-15H2,1-5H3,(H,25,28)/t17-/m0/s1. The average Bonchev–Trinajstić information content (AvgIpc) is 2.63. The number of hydrogen-bond donors (Lipinski definition) is 1. The van der Waals surface area contributed by atoms with E-state index in [0.29, 0.717) is 17.3 Å². The Morgan fingerprint density at radius 2 is 1.79 bits per heavy atom. The summed E-state index contributed by atoms with van der Waals surface area (Å²) in [5.41, 5.74) is 1.67. The fraction of sp³-hybridized carbons (Fsp3) is 0.391. The largest absolute Gasteiger partial charge is 0.484 e. The van der Waals surface area contributed by atoms with E-state index in [4.69, 9.17) is 16.3 Å². The van der Waals surface area contributed by atoms with Gasteiger partial charge in [-0.25, -0.2) is 0 Å². The summed E-state index contributed by atoms with van der Waals surface area (Å²) in [5.74, 6) is 0.0769. The number of rotatable bonds is 7. The van der Waals surface area contributed by atoms with E-state index >= 15 is 0 Å². The smallest absolute Gasteiger partial charge is 0.261 e. The summed E-state index contributed by atoms with van der Waals surface area (Å²) in [4.78, 5) is 27.2. The van der Waals surface area contributed by atoms with Crippen LogP contribution in [-0.2, 0) is 16.1 Å². The Balaban J connectivity index is 2.16. The molecule has 0 bridgehead atoms. The van der Waals surface area contributed by atoms with E-state index in [0.717, 1.165) is 11.1 Å². The molecular weight excluding hydrogens is 388 g/mol. The highest BCUT2D eigenvalue weighted by Gasteiger charge is 2.28. The lowest BCUT2D eigenvalue weighted by Gasteiger charge is -2.31. The first-order chi connectivity index (χ1) is 13.5. The first kappa shape index (κ1) is 22.8. The minimum Gasteiger partial charge on any atom is -0.484 e. The van der Waals surface area contributed by atoms with Crippen molar-refractivity contribution in [1.29, 1.82) is 0 Å². The zero-order valence-corrected chi connectivity index (χ0v) is 18.4. The van der Waals surface area contributed by atoms with Gasteiger partial charge in [0.05, 0.1) is 0 Å². The summed E-state index contributed by atoms with van der Waals surface area (Å²) in [6, 6.07) is 14.1. The average molecular weight is 417 g/mol. The van der Waals surface area contributed by atoms with Gasteiger partial charge in [0, 0.05) is 17.1 Å². The minimum absolute atomic E-state index is 0.166. The van der Waals surface area contributed by atoms with Crippen LogP contribution in [0.5, 0.6) is 5.75 Å². The molecule has 2 amide bonds. The Hall–Kier alpha value is -2.53. The normalized spacial score (nSPS) is 12.2. The fourth-order valence-electron chi connectivity index (χ4n) is 2.82. The quantitative estimate of drug-likeness (QED) is 0.729. The monoisotopic (exact) mass is 416 g/mol. The number of ether oxygens (including phenoxy) is 1. The Bertz CT molecular complexity index is 844. The Kier molecular flexibility index (Phi) is 7.68. The molecule has 0 heterocycles. The lowest BCUT2D eigenvalue weighted by molar-refractivity contribution is -0.142. The molecule has 0 aliphatic heterocycles. The van der Waals surface area contributed by atoms with Crippen molar-refractivity contribution >= 4 is 23.4 Å². The molecular formula is C23H29ClN2O3. The van der Waals surface area contributed by atoms with E-state index in [1.807, 2.05) is 52.0 Å². The summed E-state index contributed by atoms with van der Waals surface area (Å²) in [5, 5.41) is 3.54. The van der Waals surface area contributed by atoms with Crippen molar-refractivity contribution in [3.05, 3.63) is 64.7 Å². The highest BCUT2D eigenvalue weighted by molar-refractivity contribution is 6.30. The third kappa shape index (κ3) is 7.42. The predicted octanol–water partition coefficient (Wildman–Crippen LogP) is 4.36. The summed E-state index contributed by atoms with van der Waals surface area (Å²) >= 11 is 5.88. The van der Waals surface area contributed by atoms with E-state index in [2.05, 4.69) is 5.32 Å². The fourth-order valence-corrected chi connectivity index (χ4v) is 2.95. The molecule has 0 aromatic heterocycles. The molecule has 0 unspecified atom stereocenters. The maximum absolute atomic E-state index is 13.0. The van der Waals surface area contributed by atoms with Gasteiger partial charge in [0.1, 0.15) is 11.8 Å². The van der Waals surface area contributed by atoms with Crippen molar-refractivity contribution in [2.75, 3.05) is 6.61 Å². The minimum atomic E-state index is -0.643. The van der Waals surface area contributed by atoms with Crippen LogP contribution in [0.2, 0.25) is 5.02 Å². The van der Waals surface area contributed by atoms with Crippen LogP contribution in [0.4, 0.5) is 0 Å². The Morgan fingerprint density at radius 1 is 1.14 bits per heavy atom. The number of hydrogen-bond acceptors (Lipinski definition) is 3. The van der Waals surface area contributed by atoms with Crippen LogP contribution in [0.3, 0.4) is 0 Å². The molecule has 2 rings (SSSR count). The molecule has 156 valence electrons. The van der Waals surface area contributed by atoms with Crippen molar-refractivity contribution < 1.29 is 14.3 Å². The van der Waals surface area contributed by atoms with Gasteiger partial charge in [-0.1, -0.05) is 41.4 Å². The van der Waals surface area contributed by atoms with E-state index in [-0.39, 0.29) is 24.0 Å². The molecule has 5 nitrogen and oxygen atoms in total. The number of aryl methyl sites for hydroxylation is 1. The Morgan fingerprint density at radius 3 is 2.38 bits per heavy atom. The van der Waals surface area contributed by atoms with Gasteiger partial charge in [-0.3, -0.25) is 9.59 Å². The number of amides is 2. The van der Waals surface area contributed by atoms with Gasteiger partial charge in [-0.15, -0.1) is 0 Å². The number of nitrogens with one attached hydrogen (secondary N) is 1. The zero-order chi connectivity index (χ0) is 21.6. The summed E-state index contributed by atoms with van der Waals surface area (Å²) < 4.78 is 5.61. The molecule has 0 saturated heterocycles. The lowest BCUT2D eigenvalue weighted by atomic mass is 10.1. The van der Waals surface area contributed by atoms with Crippen LogP contribution < -0.4 is 10.1 Å². The molecule has 0 aliphatic rings. The number of carbonyl (C=O) groups is 2. The second kappa shape index (κ2) is 9.79. The first-order valence-electron chi connectivity index (χ1n) is 9.60. The van der Waals surface area contributed by atoms with Gasteiger partial charge in [0.25, 0.3) is 5.91 Å². The SMILES string of the molecule is Cc1cccc(CN(C(=O)COc2ccc(Cl)cc2)[C@@H](C)C(=O)NC(C)(C)C)c1. The van der Waals surface area contributed by atoms with Crippen molar-refractivity contribution in [1.82, 2.24) is 10.2 Å². The molecule has 29 heavy (non-hydrogen) atoms. The van der Waals surface area contributed by atoms with Gasteiger partial charge in [0.15, 0.2) is 6.61 Å². The number of halogens is 1. The maximum Gasteiger partial charge on any atom is 0.261 e.